The molecule has 22 heavy (non-hydrogen) atoms. The normalized spacial score (nSPS) is 10.3. The predicted octanol–water partition coefficient (Wildman–Crippen LogP) is 3.11. The number of nitrogens with two attached hydrogens (primary N) is 1. The van der Waals surface area contributed by atoms with Gasteiger partial charge in [-0.05, 0) is 38.5 Å². The molecule has 1 heterocycles. The number of hydrogen-bond acceptors (Lipinski definition) is 4. The molecule has 2 rings (SSSR count). The van der Waals surface area contributed by atoms with Crippen LogP contribution in [0.3, 0.4) is 0 Å². The van der Waals surface area contributed by atoms with Crippen molar-refractivity contribution in [3.05, 3.63) is 45.8 Å². The molecular weight excluding hydrogens is 300 g/mol. The van der Waals surface area contributed by atoms with E-state index in [-0.39, 0.29) is 5.91 Å². The van der Waals surface area contributed by atoms with Gasteiger partial charge in [0.15, 0.2) is 0 Å². The average Bonchev–Trinajstić information content (AvgIpc) is 2.74. The number of benzene rings is 1. The van der Waals surface area contributed by atoms with Crippen LogP contribution >= 0.6 is 11.3 Å². The van der Waals surface area contributed by atoms with E-state index in [4.69, 9.17) is 10.5 Å². The van der Waals surface area contributed by atoms with Crippen LogP contribution in [0.5, 0.6) is 5.75 Å². The van der Waals surface area contributed by atoms with E-state index in [1.54, 1.807) is 24.3 Å². The minimum atomic E-state index is -0.546. The minimum absolute atomic E-state index is 0.326. The second-order valence-electron chi connectivity index (χ2n) is 4.73. The Morgan fingerprint density at radius 2 is 1.95 bits per heavy atom. The summed E-state index contributed by atoms with van der Waals surface area (Å²) in [5, 5.41) is 3.24. The molecule has 3 N–H and O–H groups in total. The number of hydrogen-bond donors (Lipinski definition) is 2. The summed E-state index contributed by atoms with van der Waals surface area (Å²) in [6.07, 6.45) is 0. The fraction of sp³-hybridized carbons (Fsp3) is 0.250. The third-order valence-corrected chi connectivity index (χ3v) is 4.41. The van der Waals surface area contributed by atoms with Gasteiger partial charge in [-0.1, -0.05) is 12.1 Å². The molecule has 0 saturated carbocycles. The van der Waals surface area contributed by atoms with E-state index in [1.807, 2.05) is 20.8 Å². The van der Waals surface area contributed by atoms with Crippen molar-refractivity contribution in [1.82, 2.24) is 0 Å². The van der Waals surface area contributed by atoms with Crippen LogP contribution in [0.4, 0.5) is 5.00 Å². The molecule has 1 aromatic heterocycles. The maximum Gasteiger partial charge on any atom is 0.260 e. The lowest BCUT2D eigenvalue weighted by molar-refractivity contribution is 0.100. The molecule has 2 aromatic rings. The van der Waals surface area contributed by atoms with Gasteiger partial charge in [-0.2, -0.15) is 0 Å². The Morgan fingerprint density at radius 3 is 2.59 bits per heavy atom. The average molecular weight is 318 g/mol. The van der Waals surface area contributed by atoms with Gasteiger partial charge >= 0.3 is 0 Å². The summed E-state index contributed by atoms with van der Waals surface area (Å²) >= 11 is 1.34. The Morgan fingerprint density at radius 1 is 1.27 bits per heavy atom. The van der Waals surface area contributed by atoms with Crippen LogP contribution in [0, 0.1) is 13.8 Å². The van der Waals surface area contributed by atoms with Crippen LogP contribution in [-0.4, -0.2) is 18.4 Å². The maximum atomic E-state index is 12.5. The third kappa shape index (κ3) is 3.12. The van der Waals surface area contributed by atoms with Crippen molar-refractivity contribution < 1.29 is 14.3 Å². The van der Waals surface area contributed by atoms with Crippen molar-refractivity contribution >= 4 is 28.2 Å². The first kappa shape index (κ1) is 16.0. The van der Waals surface area contributed by atoms with E-state index in [2.05, 4.69) is 5.32 Å². The summed E-state index contributed by atoms with van der Waals surface area (Å²) in [7, 11) is 0. The molecule has 0 aliphatic rings. The number of primary amides is 1. The molecule has 0 radical (unpaired) electrons. The number of ether oxygens (including phenoxy) is 1. The summed E-state index contributed by atoms with van der Waals surface area (Å²) < 4.78 is 5.45. The highest BCUT2D eigenvalue weighted by molar-refractivity contribution is 7.16. The molecule has 1 aromatic carbocycles. The molecule has 0 bridgehead atoms. The van der Waals surface area contributed by atoms with Crippen LogP contribution in [0.25, 0.3) is 0 Å². The second-order valence-corrected chi connectivity index (χ2v) is 5.96. The summed E-state index contributed by atoms with van der Waals surface area (Å²) in [6, 6.07) is 6.98. The third-order valence-electron chi connectivity index (χ3n) is 3.29. The highest BCUT2D eigenvalue weighted by atomic mass is 32.1. The second kappa shape index (κ2) is 6.62. The van der Waals surface area contributed by atoms with Crippen molar-refractivity contribution in [2.24, 2.45) is 5.73 Å². The van der Waals surface area contributed by atoms with Gasteiger partial charge in [0.25, 0.3) is 11.8 Å². The Bertz CT molecular complexity index is 722. The molecule has 2 amide bonds. The van der Waals surface area contributed by atoms with Crippen molar-refractivity contribution in [3.8, 4) is 5.75 Å². The molecule has 0 aliphatic carbocycles. The van der Waals surface area contributed by atoms with E-state index < -0.39 is 5.91 Å². The molecule has 0 unspecified atom stereocenters. The van der Waals surface area contributed by atoms with Gasteiger partial charge < -0.3 is 15.8 Å². The Balaban J connectivity index is 2.34. The smallest absolute Gasteiger partial charge is 0.260 e. The molecule has 0 spiro atoms. The van der Waals surface area contributed by atoms with Gasteiger partial charge in [0, 0.05) is 4.88 Å². The standard InChI is InChI=1S/C16H18N2O3S/c1-4-21-12-8-6-5-7-11(12)15(20)18-16-13(14(17)19)9(2)10(3)22-16/h5-8H,4H2,1-3H3,(H2,17,19)(H,18,20). The Kier molecular flexibility index (Phi) is 4.82. The summed E-state index contributed by atoms with van der Waals surface area (Å²) in [4.78, 5) is 25.0. The summed E-state index contributed by atoms with van der Waals surface area (Å²) in [6.45, 7) is 6.02. The first-order valence-corrected chi connectivity index (χ1v) is 7.70. The Hall–Kier alpha value is -2.34. The molecule has 6 heteroatoms. The summed E-state index contributed by atoms with van der Waals surface area (Å²) in [5.41, 5.74) is 6.99. The van der Waals surface area contributed by atoms with Crippen molar-refractivity contribution in [3.63, 3.8) is 0 Å². The molecular formula is C16H18N2O3S. The monoisotopic (exact) mass is 318 g/mol. The molecule has 0 fully saturated rings. The first-order chi connectivity index (χ1) is 10.5. The topological polar surface area (TPSA) is 81.4 Å². The van der Waals surface area contributed by atoms with E-state index in [0.29, 0.717) is 28.5 Å². The minimum Gasteiger partial charge on any atom is -0.493 e. The highest BCUT2D eigenvalue weighted by Gasteiger charge is 2.20. The van der Waals surface area contributed by atoms with Crippen molar-refractivity contribution in [2.45, 2.75) is 20.8 Å². The number of thiophene rings is 1. The van der Waals surface area contributed by atoms with Gasteiger partial charge in [0.05, 0.1) is 17.7 Å². The zero-order valence-electron chi connectivity index (χ0n) is 12.7. The molecule has 0 atom stereocenters. The van der Waals surface area contributed by atoms with E-state index >= 15 is 0 Å². The number of anilines is 1. The Labute approximate surface area is 133 Å². The zero-order valence-corrected chi connectivity index (χ0v) is 13.5. The molecule has 116 valence electrons. The largest absolute Gasteiger partial charge is 0.493 e. The predicted molar refractivity (Wildman–Crippen MR) is 87.9 cm³/mol. The van der Waals surface area contributed by atoms with E-state index in [9.17, 15) is 9.59 Å². The van der Waals surface area contributed by atoms with Crippen LogP contribution in [0.1, 0.15) is 38.1 Å². The number of para-hydroxylation sites is 1. The lowest BCUT2D eigenvalue weighted by atomic mass is 10.1. The molecule has 5 nitrogen and oxygen atoms in total. The quantitative estimate of drug-likeness (QED) is 0.888. The van der Waals surface area contributed by atoms with Crippen LogP contribution < -0.4 is 15.8 Å². The number of nitrogens with one attached hydrogen (secondary N) is 1. The van der Waals surface area contributed by atoms with Crippen molar-refractivity contribution in [1.29, 1.82) is 0 Å². The molecule has 0 aliphatic heterocycles. The number of amides is 2. The van der Waals surface area contributed by atoms with Crippen molar-refractivity contribution in [2.75, 3.05) is 11.9 Å². The van der Waals surface area contributed by atoms with Gasteiger partial charge in [-0.25, -0.2) is 0 Å². The number of rotatable bonds is 5. The van der Waals surface area contributed by atoms with Crippen LogP contribution in [-0.2, 0) is 0 Å². The number of carbonyl (C=O) groups excluding carboxylic acids is 2. The van der Waals surface area contributed by atoms with Gasteiger partial charge in [0.2, 0.25) is 0 Å². The fourth-order valence-electron chi connectivity index (χ4n) is 2.12. The number of aryl methyl sites for hydroxylation is 1. The van der Waals surface area contributed by atoms with E-state index in [1.165, 1.54) is 11.3 Å². The summed E-state index contributed by atoms with van der Waals surface area (Å²) in [5.74, 6) is -0.365. The zero-order chi connectivity index (χ0) is 16.3. The fourth-order valence-corrected chi connectivity index (χ4v) is 3.18. The van der Waals surface area contributed by atoms with Gasteiger partial charge in [-0.3, -0.25) is 9.59 Å². The number of carbonyl (C=O) groups is 2. The van der Waals surface area contributed by atoms with E-state index in [0.717, 1.165) is 10.4 Å². The lowest BCUT2D eigenvalue weighted by Gasteiger charge is -2.10. The van der Waals surface area contributed by atoms with Gasteiger partial charge in [0.1, 0.15) is 10.8 Å². The lowest BCUT2D eigenvalue weighted by Crippen LogP contribution is -2.18. The maximum absolute atomic E-state index is 12.5. The van der Waals surface area contributed by atoms with Crippen LogP contribution in [0.15, 0.2) is 24.3 Å². The van der Waals surface area contributed by atoms with Gasteiger partial charge in [-0.15, -0.1) is 11.3 Å². The SMILES string of the molecule is CCOc1ccccc1C(=O)Nc1sc(C)c(C)c1C(N)=O. The highest BCUT2D eigenvalue weighted by Crippen LogP contribution is 2.32. The first-order valence-electron chi connectivity index (χ1n) is 6.88. The molecule has 0 saturated heterocycles. The van der Waals surface area contributed by atoms with Crippen LogP contribution in [0.2, 0.25) is 0 Å².